The van der Waals surface area contributed by atoms with E-state index in [1.165, 1.54) is 12.1 Å². The summed E-state index contributed by atoms with van der Waals surface area (Å²) >= 11 is 17.4. The first-order valence-corrected chi connectivity index (χ1v) is 6.37. The van der Waals surface area contributed by atoms with E-state index in [9.17, 15) is 9.59 Å². The Labute approximate surface area is 125 Å². The third-order valence-corrected chi connectivity index (χ3v) is 2.96. The molecule has 0 saturated carbocycles. The number of anilines is 1. The lowest BCUT2D eigenvalue weighted by Crippen LogP contribution is -2.10. The van der Waals surface area contributed by atoms with Crippen molar-refractivity contribution in [1.29, 1.82) is 0 Å². The maximum atomic E-state index is 11.5. The zero-order chi connectivity index (χ0) is 14.4. The molecule has 0 unspecified atom stereocenters. The lowest BCUT2D eigenvalue weighted by atomic mass is 10.3. The monoisotopic (exact) mass is 321 g/mol. The number of ether oxygens (including phenoxy) is 1. The molecule has 102 valence electrons. The predicted octanol–water partition coefficient (Wildman–Crippen LogP) is 3.70. The molecule has 0 aliphatic carbocycles. The molecule has 0 bridgehead atoms. The van der Waals surface area contributed by atoms with Gasteiger partial charge in [0.05, 0.1) is 27.4 Å². The zero-order valence-electron chi connectivity index (χ0n) is 9.88. The van der Waals surface area contributed by atoms with E-state index in [1.54, 1.807) is 6.92 Å². The fourth-order valence-electron chi connectivity index (χ4n) is 1.13. The highest BCUT2D eigenvalue weighted by molar-refractivity contribution is 6.44. The molecule has 0 radical (unpaired) electrons. The number of esters is 1. The van der Waals surface area contributed by atoms with E-state index in [4.69, 9.17) is 34.8 Å². The molecule has 7 heteroatoms. The fourth-order valence-corrected chi connectivity index (χ4v) is 1.72. The van der Waals surface area contributed by atoms with Crippen molar-refractivity contribution in [2.24, 2.45) is 0 Å². The minimum absolute atomic E-state index is 0.239. The van der Waals surface area contributed by atoms with Crippen molar-refractivity contribution >= 4 is 52.4 Å². The average Bonchev–Trinajstić information content (AvgIpc) is 2.34. The van der Waals surface area contributed by atoms with Crippen LogP contribution in [0.4, 0.5) is 5.69 Å². The molecule has 0 aliphatic rings. The molecule has 0 atom stereocenters. The zero-order valence-corrected chi connectivity index (χ0v) is 12.1. The van der Waals surface area contributed by atoms with Crippen LogP contribution in [0.5, 0.6) is 0 Å². The molecule has 1 N–H and O–H groups in total. The molecule has 0 spiro atoms. The van der Waals surface area contributed by atoms with Gasteiger partial charge in [0.1, 0.15) is 0 Å². The van der Waals surface area contributed by atoms with Crippen LogP contribution in [-0.2, 0) is 14.3 Å². The van der Waals surface area contributed by atoms with Gasteiger partial charge in [-0.05, 0) is 19.1 Å². The molecule has 1 amide bonds. The second-order valence-corrected chi connectivity index (χ2v) is 4.54. The molecule has 0 fully saturated rings. The molecule has 1 aromatic rings. The smallest absolute Gasteiger partial charge is 0.330 e. The van der Waals surface area contributed by atoms with Gasteiger partial charge in [0.25, 0.3) is 0 Å². The Morgan fingerprint density at radius 3 is 2.42 bits per heavy atom. The highest BCUT2D eigenvalue weighted by Gasteiger charge is 2.08. The first-order valence-electron chi connectivity index (χ1n) is 5.24. The largest absolute Gasteiger partial charge is 0.463 e. The summed E-state index contributed by atoms with van der Waals surface area (Å²) in [7, 11) is 0. The standard InChI is InChI=1S/C12H10Cl3NO3/c1-2-19-12(18)4-3-11(17)16-10-6-8(14)7(13)5-9(10)15/h3-6H,2H2,1H3,(H,16,17). The van der Waals surface area contributed by atoms with Gasteiger partial charge in [-0.25, -0.2) is 4.79 Å². The minimum atomic E-state index is -0.599. The SMILES string of the molecule is CCOC(=O)C=CC(=O)Nc1cc(Cl)c(Cl)cc1Cl. The van der Waals surface area contributed by atoms with Crippen molar-refractivity contribution in [3.05, 3.63) is 39.4 Å². The Bertz CT molecular complexity index is 529. The summed E-state index contributed by atoms with van der Waals surface area (Å²) < 4.78 is 4.63. The number of nitrogens with one attached hydrogen (secondary N) is 1. The molecule has 1 aromatic carbocycles. The van der Waals surface area contributed by atoms with Crippen molar-refractivity contribution < 1.29 is 14.3 Å². The first-order chi connectivity index (χ1) is 8.93. The van der Waals surface area contributed by atoms with Crippen LogP contribution in [-0.4, -0.2) is 18.5 Å². The number of amides is 1. The minimum Gasteiger partial charge on any atom is -0.463 e. The average molecular weight is 323 g/mol. The lowest BCUT2D eigenvalue weighted by Gasteiger charge is -2.06. The van der Waals surface area contributed by atoms with E-state index in [2.05, 4.69) is 10.1 Å². The molecule has 0 aliphatic heterocycles. The van der Waals surface area contributed by atoms with Crippen molar-refractivity contribution in [2.75, 3.05) is 11.9 Å². The van der Waals surface area contributed by atoms with Crippen LogP contribution in [0, 0.1) is 0 Å². The third kappa shape index (κ3) is 5.11. The number of carbonyl (C=O) groups excluding carboxylic acids is 2. The van der Waals surface area contributed by atoms with E-state index in [-0.39, 0.29) is 21.7 Å². The summed E-state index contributed by atoms with van der Waals surface area (Å²) in [5.74, 6) is -1.13. The quantitative estimate of drug-likeness (QED) is 0.522. The van der Waals surface area contributed by atoms with Gasteiger partial charge < -0.3 is 10.1 Å². The van der Waals surface area contributed by atoms with E-state index >= 15 is 0 Å². The molecule has 0 aromatic heterocycles. The number of hydrogen-bond acceptors (Lipinski definition) is 3. The molecule has 0 heterocycles. The molecule has 4 nitrogen and oxygen atoms in total. The Kier molecular flexibility index (Phi) is 6.15. The van der Waals surface area contributed by atoms with Crippen molar-refractivity contribution in [2.45, 2.75) is 6.92 Å². The van der Waals surface area contributed by atoms with Gasteiger partial charge in [-0.2, -0.15) is 0 Å². The van der Waals surface area contributed by atoms with E-state index in [1.807, 2.05) is 0 Å². The van der Waals surface area contributed by atoms with Crippen LogP contribution in [0.15, 0.2) is 24.3 Å². The normalized spacial score (nSPS) is 10.5. The Morgan fingerprint density at radius 2 is 1.79 bits per heavy atom. The van der Waals surface area contributed by atoms with Gasteiger partial charge in [-0.15, -0.1) is 0 Å². The van der Waals surface area contributed by atoms with Crippen LogP contribution < -0.4 is 5.32 Å². The van der Waals surface area contributed by atoms with Gasteiger partial charge >= 0.3 is 5.97 Å². The van der Waals surface area contributed by atoms with Gasteiger partial charge in [0.2, 0.25) is 5.91 Å². The molecular weight excluding hydrogens is 312 g/mol. The second kappa shape index (κ2) is 7.38. The summed E-state index contributed by atoms with van der Waals surface area (Å²) in [5, 5.41) is 3.25. The Hall–Kier alpha value is -1.23. The van der Waals surface area contributed by atoms with Gasteiger partial charge in [-0.3, -0.25) is 4.79 Å². The maximum absolute atomic E-state index is 11.5. The van der Waals surface area contributed by atoms with Crippen molar-refractivity contribution in [3.8, 4) is 0 Å². The summed E-state index contributed by atoms with van der Waals surface area (Å²) in [4.78, 5) is 22.5. The summed E-state index contributed by atoms with van der Waals surface area (Å²) in [6.07, 6.45) is 2.06. The molecule has 19 heavy (non-hydrogen) atoms. The van der Waals surface area contributed by atoms with Crippen LogP contribution in [0.3, 0.4) is 0 Å². The highest BCUT2D eigenvalue weighted by Crippen LogP contribution is 2.32. The summed E-state index contributed by atoms with van der Waals surface area (Å²) in [5.41, 5.74) is 0.301. The van der Waals surface area contributed by atoms with Gasteiger partial charge in [0.15, 0.2) is 0 Å². The van der Waals surface area contributed by atoms with E-state index < -0.39 is 11.9 Å². The number of rotatable bonds is 4. The Balaban J connectivity index is 2.72. The first kappa shape index (κ1) is 15.8. The topological polar surface area (TPSA) is 55.4 Å². The predicted molar refractivity (Wildman–Crippen MR) is 75.9 cm³/mol. The summed E-state index contributed by atoms with van der Waals surface area (Å²) in [6, 6.07) is 2.83. The maximum Gasteiger partial charge on any atom is 0.330 e. The molecule has 0 saturated heterocycles. The highest BCUT2D eigenvalue weighted by atomic mass is 35.5. The fraction of sp³-hybridized carbons (Fsp3) is 0.167. The number of hydrogen-bond donors (Lipinski definition) is 1. The van der Waals surface area contributed by atoms with Crippen molar-refractivity contribution in [1.82, 2.24) is 0 Å². The second-order valence-electron chi connectivity index (χ2n) is 3.32. The van der Waals surface area contributed by atoms with E-state index in [0.717, 1.165) is 12.2 Å². The van der Waals surface area contributed by atoms with E-state index in [0.29, 0.717) is 5.69 Å². The van der Waals surface area contributed by atoms with Crippen LogP contribution in [0.25, 0.3) is 0 Å². The van der Waals surface area contributed by atoms with Gasteiger partial charge in [-0.1, -0.05) is 34.8 Å². The Morgan fingerprint density at radius 1 is 1.16 bits per heavy atom. The number of halogens is 3. The van der Waals surface area contributed by atoms with Crippen LogP contribution in [0.2, 0.25) is 15.1 Å². The number of carbonyl (C=O) groups is 2. The molecule has 1 rings (SSSR count). The third-order valence-electron chi connectivity index (χ3n) is 1.93. The summed E-state index contributed by atoms with van der Waals surface area (Å²) in [6.45, 7) is 1.91. The van der Waals surface area contributed by atoms with Crippen molar-refractivity contribution in [3.63, 3.8) is 0 Å². The number of benzene rings is 1. The molecular formula is C12H10Cl3NO3. The lowest BCUT2D eigenvalue weighted by molar-refractivity contribution is -0.137. The van der Waals surface area contributed by atoms with Crippen LogP contribution >= 0.6 is 34.8 Å². The van der Waals surface area contributed by atoms with Gasteiger partial charge in [0, 0.05) is 12.2 Å². The van der Waals surface area contributed by atoms with Crippen LogP contribution in [0.1, 0.15) is 6.92 Å².